The number of carbonyl (C=O) groups excluding carboxylic acids is 1. The van der Waals surface area contributed by atoms with Gasteiger partial charge in [-0.2, -0.15) is 0 Å². The number of rotatable bonds is 2. The number of hydrogen-bond donors (Lipinski definition) is 2. The highest BCUT2D eigenvalue weighted by molar-refractivity contribution is 5.90. The van der Waals surface area contributed by atoms with E-state index in [9.17, 15) is 4.79 Å². The minimum Gasteiger partial charge on any atom is -0.364 e. The molecular weight excluding hydrogens is 170 g/mol. The van der Waals surface area contributed by atoms with E-state index in [-0.39, 0.29) is 5.69 Å². The minimum absolute atomic E-state index is 0.229. The number of nitrogens with one attached hydrogen (secondary N) is 1. The molecule has 1 amide bonds. The van der Waals surface area contributed by atoms with Crippen molar-refractivity contribution in [2.24, 2.45) is 5.73 Å². The standard InChI is InChI=1S/C7H11N5O/c8-7(13)6-4-12(11-10-6)5-1-2-9-3-5/h4-5,9H,1-3H2,(H2,8,13). The molecule has 6 heteroatoms. The van der Waals surface area contributed by atoms with E-state index in [1.54, 1.807) is 10.9 Å². The first-order valence-corrected chi connectivity index (χ1v) is 4.20. The Bertz CT molecular complexity index is 314. The fourth-order valence-electron chi connectivity index (χ4n) is 1.43. The molecule has 70 valence electrons. The van der Waals surface area contributed by atoms with Gasteiger partial charge in [0, 0.05) is 6.54 Å². The largest absolute Gasteiger partial charge is 0.364 e. The van der Waals surface area contributed by atoms with Crippen LogP contribution in [-0.2, 0) is 0 Å². The number of aromatic nitrogens is 3. The summed E-state index contributed by atoms with van der Waals surface area (Å²) in [4.78, 5) is 10.7. The third kappa shape index (κ3) is 1.52. The summed E-state index contributed by atoms with van der Waals surface area (Å²) in [6, 6.07) is 0.306. The predicted molar refractivity (Wildman–Crippen MR) is 45.1 cm³/mol. The van der Waals surface area contributed by atoms with Gasteiger partial charge in [-0.05, 0) is 13.0 Å². The number of nitrogens with two attached hydrogens (primary N) is 1. The minimum atomic E-state index is -0.530. The topological polar surface area (TPSA) is 85.8 Å². The molecule has 1 saturated heterocycles. The normalized spacial score (nSPS) is 22.0. The molecule has 0 aromatic carbocycles. The highest BCUT2D eigenvalue weighted by Crippen LogP contribution is 2.12. The number of primary amides is 1. The van der Waals surface area contributed by atoms with Crippen molar-refractivity contribution in [3.8, 4) is 0 Å². The smallest absolute Gasteiger partial charge is 0.270 e. The lowest BCUT2D eigenvalue weighted by molar-refractivity contribution is 0.0995. The summed E-state index contributed by atoms with van der Waals surface area (Å²) in [7, 11) is 0. The van der Waals surface area contributed by atoms with Crippen LogP contribution in [-0.4, -0.2) is 34.0 Å². The predicted octanol–water partition coefficient (Wildman–Crippen LogP) is -1.09. The van der Waals surface area contributed by atoms with Crippen molar-refractivity contribution in [1.29, 1.82) is 0 Å². The van der Waals surface area contributed by atoms with Crippen molar-refractivity contribution in [3.63, 3.8) is 0 Å². The summed E-state index contributed by atoms with van der Waals surface area (Å²) < 4.78 is 1.69. The van der Waals surface area contributed by atoms with Crippen molar-refractivity contribution < 1.29 is 4.79 Å². The van der Waals surface area contributed by atoms with Crippen LogP contribution < -0.4 is 11.1 Å². The van der Waals surface area contributed by atoms with Gasteiger partial charge in [-0.1, -0.05) is 5.21 Å². The maximum Gasteiger partial charge on any atom is 0.270 e. The summed E-state index contributed by atoms with van der Waals surface area (Å²) in [5.41, 5.74) is 5.28. The van der Waals surface area contributed by atoms with Gasteiger partial charge in [0.15, 0.2) is 5.69 Å². The lowest BCUT2D eigenvalue weighted by atomic mass is 10.3. The van der Waals surface area contributed by atoms with Crippen molar-refractivity contribution in [2.45, 2.75) is 12.5 Å². The average Bonchev–Trinajstić information content (AvgIpc) is 2.75. The van der Waals surface area contributed by atoms with Gasteiger partial charge in [-0.15, -0.1) is 5.10 Å². The number of hydrogen-bond acceptors (Lipinski definition) is 4. The van der Waals surface area contributed by atoms with E-state index in [1.165, 1.54) is 0 Å². The Hall–Kier alpha value is -1.43. The van der Waals surface area contributed by atoms with E-state index in [2.05, 4.69) is 15.6 Å². The van der Waals surface area contributed by atoms with Gasteiger partial charge in [0.1, 0.15) is 0 Å². The monoisotopic (exact) mass is 181 g/mol. The summed E-state index contributed by atoms with van der Waals surface area (Å²) in [6.45, 7) is 1.86. The van der Waals surface area contributed by atoms with E-state index in [4.69, 9.17) is 5.73 Å². The number of amides is 1. The van der Waals surface area contributed by atoms with E-state index >= 15 is 0 Å². The highest BCUT2D eigenvalue weighted by atomic mass is 16.1. The Morgan fingerprint density at radius 2 is 2.62 bits per heavy atom. The summed E-state index contributed by atoms with van der Waals surface area (Å²) >= 11 is 0. The van der Waals surface area contributed by atoms with E-state index in [1.807, 2.05) is 0 Å². The second-order valence-electron chi connectivity index (χ2n) is 3.09. The maximum absolute atomic E-state index is 10.7. The van der Waals surface area contributed by atoms with Gasteiger partial charge in [0.25, 0.3) is 5.91 Å². The van der Waals surface area contributed by atoms with Crippen LogP contribution in [0.15, 0.2) is 6.20 Å². The molecule has 2 rings (SSSR count). The van der Waals surface area contributed by atoms with Gasteiger partial charge in [-0.3, -0.25) is 4.79 Å². The Labute approximate surface area is 75.1 Å². The molecule has 0 saturated carbocycles. The molecule has 0 spiro atoms. The molecule has 1 unspecified atom stereocenters. The summed E-state index contributed by atoms with van der Waals surface area (Å²) in [5.74, 6) is -0.530. The summed E-state index contributed by atoms with van der Waals surface area (Å²) in [6.07, 6.45) is 2.61. The zero-order chi connectivity index (χ0) is 9.26. The van der Waals surface area contributed by atoms with Gasteiger partial charge in [0.2, 0.25) is 0 Å². The molecule has 0 bridgehead atoms. The van der Waals surface area contributed by atoms with Crippen LogP contribution in [0, 0.1) is 0 Å². The zero-order valence-electron chi connectivity index (χ0n) is 7.10. The molecule has 1 aromatic rings. The first kappa shape index (κ1) is 8.18. The van der Waals surface area contributed by atoms with Crippen LogP contribution in [0.5, 0.6) is 0 Å². The molecule has 0 radical (unpaired) electrons. The Balaban J connectivity index is 2.16. The molecular formula is C7H11N5O. The number of nitrogens with zero attached hydrogens (tertiary/aromatic N) is 3. The molecule has 1 aliphatic heterocycles. The van der Waals surface area contributed by atoms with Crippen LogP contribution in [0.4, 0.5) is 0 Å². The Morgan fingerprint density at radius 1 is 1.77 bits per heavy atom. The zero-order valence-corrected chi connectivity index (χ0v) is 7.10. The van der Waals surface area contributed by atoms with Crippen molar-refractivity contribution in [3.05, 3.63) is 11.9 Å². The SMILES string of the molecule is NC(=O)c1cn(C2CCNC2)nn1. The maximum atomic E-state index is 10.7. The lowest BCUT2D eigenvalue weighted by Crippen LogP contribution is -2.14. The van der Waals surface area contributed by atoms with Crippen molar-refractivity contribution in [2.75, 3.05) is 13.1 Å². The molecule has 13 heavy (non-hydrogen) atoms. The quantitative estimate of drug-likeness (QED) is 0.607. The fraction of sp³-hybridized carbons (Fsp3) is 0.571. The third-order valence-corrected chi connectivity index (χ3v) is 2.17. The first-order valence-electron chi connectivity index (χ1n) is 4.20. The average molecular weight is 181 g/mol. The van der Waals surface area contributed by atoms with Gasteiger partial charge >= 0.3 is 0 Å². The van der Waals surface area contributed by atoms with Gasteiger partial charge < -0.3 is 11.1 Å². The van der Waals surface area contributed by atoms with Crippen molar-refractivity contribution >= 4 is 5.91 Å². The van der Waals surface area contributed by atoms with Crippen molar-refractivity contribution in [1.82, 2.24) is 20.3 Å². The van der Waals surface area contributed by atoms with Crippen LogP contribution >= 0.6 is 0 Å². The molecule has 1 aliphatic rings. The van der Waals surface area contributed by atoms with E-state index in [0.717, 1.165) is 19.5 Å². The highest BCUT2D eigenvalue weighted by Gasteiger charge is 2.18. The second-order valence-corrected chi connectivity index (χ2v) is 3.09. The van der Waals surface area contributed by atoms with Crippen LogP contribution in [0.1, 0.15) is 23.0 Å². The molecule has 2 heterocycles. The lowest BCUT2D eigenvalue weighted by Gasteiger charge is -2.05. The van der Waals surface area contributed by atoms with Gasteiger partial charge in [0.05, 0.1) is 12.2 Å². The number of carbonyl (C=O) groups is 1. The van der Waals surface area contributed by atoms with E-state index in [0.29, 0.717) is 6.04 Å². The Morgan fingerprint density at radius 3 is 3.15 bits per heavy atom. The van der Waals surface area contributed by atoms with Crippen LogP contribution in [0.25, 0.3) is 0 Å². The van der Waals surface area contributed by atoms with Crippen LogP contribution in [0.3, 0.4) is 0 Å². The second kappa shape index (κ2) is 3.14. The Kier molecular flexibility index (Phi) is 1.97. The first-order chi connectivity index (χ1) is 6.27. The molecule has 6 nitrogen and oxygen atoms in total. The third-order valence-electron chi connectivity index (χ3n) is 2.17. The molecule has 3 N–H and O–H groups in total. The fourth-order valence-corrected chi connectivity index (χ4v) is 1.43. The molecule has 1 fully saturated rings. The molecule has 0 aliphatic carbocycles. The van der Waals surface area contributed by atoms with Gasteiger partial charge in [-0.25, -0.2) is 4.68 Å². The summed E-state index contributed by atoms with van der Waals surface area (Å²) in [5, 5.41) is 10.7. The van der Waals surface area contributed by atoms with Crippen LogP contribution in [0.2, 0.25) is 0 Å². The molecule has 1 atom stereocenters. The molecule has 1 aromatic heterocycles. The van der Waals surface area contributed by atoms with E-state index < -0.39 is 5.91 Å².